The summed E-state index contributed by atoms with van der Waals surface area (Å²) in [6.07, 6.45) is 1.83. The Labute approximate surface area is 141 Å². The predicted molar refractivity (Wildman–Crippen MR) is 93.8 cm³/mol. The number of H-pyrrole nitrogens is 1. The average molecular weight is 331 g/mol. The maximum absolute atomic E-state index is 12.9. The SMILES string of the molecule is Cc1n[nH]c(C)c1C[C@H](C)C(=O)N1C[C@H](c2ccsc2)C[C@H]1C. The zero-order valence-corrected chi connectivity index (χ0v) is 15.1. The van der Waals surface area contributed by atoms with E-state index in [2.05, 4.69) is 38.8 Å². The quantitative estimate of drug-likeness (QED) is 0.929. The standard InChI is InChI=1S/C18H25N3OS/c1-11(7-17-13(3)19-20-14(17)4)18(22)21-9-16(8-12(21)2)15-5-6-23-10-15/h5-6,10-12,16H,7-9H2,1-4H3,(H,19,20)/t11-,12+,16+/m0/s1. The number of aryl methyl sites for hydroxylation is 2. The van der Waals surface area contributed by atoms with Crippen LogP contribution in [0.4, 0.5) is 0 Å². The van der Waals surface area contributed by atoms with Crippen molar-refractivity contribution in [1.82, 2.24) is 15.1 Å². The van der Waals surface area contributed by atoms with E-state index in [0.717, 1.165) is 30.8 Å². The van der Waals surface area contributed by atoms with Crippen molar-refractivity contribution >= 4 is 17.2 Å². The van der Waals surface area contributed by atoms with Crippen LogP contribution in [0.3, 0.4) is 0 Å². The van der Waals surface area contributed by atoms with E-state index in [1.54, 1.807) is 11.3 Å². The number of carbonyl (C=O) groups excluding carboxylic acids is 1. The van der Waals surface area contributed by atoms with E-state index in [4.69, 9.17) is 0 Å². The van der Waals surface area contributed by atoms with Crippen LogP contribution in [0.2, 0.25) is 0 Å². The Balaban J connectivity index is 1.68. The number of rotatable bonds is 4. The molecule has 0 unspecified atom stereocenters. The van der Waals surface area contributed by atoms with Crippen molar-refractivity contribution < 1.29 is 4.79 Å². The lowest BCUT2D eigenvalue weighted by molar-refractivity contribution is -0.135. The Morgan fingerprint density at radius 3 is 2.91 bits per heavy atom. The van der Waals surface area contributed by atoms with Gasteiger partial charge in [-0.15, -0.1) is 0 Å². The van der Waals surface area contributed by atoms with Gasteiger partial charge >= 0.3 is 0 Å². The molecule has 1 fully saturated rings. The number of likely N-dealkylation sites (tertiary alicyclic amines) is 1. The summed E-state index contributed by atoms with van der Waals surface area (Å²) in [5.41, 5.74) is 4.65. The van der Waals surface area contributed by atoms with Crippen molar-refractivity contribution in [2.75, 3.05) is 6.54 Å². The molecule has 0 saturated carbocycles. The van der Waals surface area contributed by atoms with Gasteiger partial charge < -0.3 is 4.90 Å². The molecule has 0 spiro atoms. The fraction of sp³-hybridized carbons (Fsp3) is 0.556. The minimum absolute atomic E-state index is 0.00586. The van der Waals surface area contributed by atoms with Crippen LogP contribution in [0.25, 0.3) is 0 Å². The molecule has 1 amide bonds. The van der Waals surface area contributed by atoms with E-state index in [1.807, 2.05) is 20.8 Å². The lowest BCUT2D eigenvalue weighted by Crippen LogP contribution is -2.38. The Bertz CT molecular complexity index is 657. The second kappa shape index (κ2) is 6.48. The third-order valence-corrected chi connectivity index (χ3v) is 5.79. The number of nitrogens with zero attached hydrogens (tertiary/aromatic N) is 2. The Morgan fingerprint density at radius 2 is 2.30 bits per heavy atom. The van der Waals surface area contributed by atoms with E-state index < -0.39 is 0 Å². The van der Waals surface area contributed by atoms with Crippen LogP contribution >= 0.6 is 11.3 Å². The van der Waals surface area contributed by atoms with Gasteiger partial charge in [-0.05, 0) is 61.6 Å². The first kappa shape index (κ1) is 16.2. The highest BCUT2D eigenvalue weighted by Crippen LogP contribution is 2.33. The van der Waals surface area contributed by atoms with E-state index in [9.17, 15) is 4.79 Å². The molecule has 0 aromatic carbocycles. The highest BCUT2D eigenvalue weighted by Gasteiger charge is 2.35. The largest absolute Gasteiger partial charge is 0.339 e. The van der Waals surface area contributed by atoms with E-state index in [0.29, 0.717) is 12.0 Å². The molecule has 4 nitrogen and oxygen atoms in total. The van der Waals surface area contributed by atoms with Gasteiger partial charge in [-0.1, -0.05) is 6.92 Å². The van der Waals surface area contributed by atoms with Crippen molar-refractivity contribution in [3.63, 3.8) is 0 Å². The summed E-state index contributed by atoms with van der Waals surface area (Å²) in [6.45, 7) is 9.09. The topological polar surface area (TPSA) is 49.0 Å². The van der Waals surface area contributed by atoms with E-state index in [-0.39, 0.29) is 11.8 Å². The van der Waals surface area contributed by atoms with Gasteiger partial charge in [0.1, 0.15) is 0 Å². The van der Waals surface area contributed by atoms with Crippen LogP contribution in [-0.4, -0.2) is 33.6 Å². The molecule has 1 aliphatic rings. The fourth-order valence-electron chi connectivity index (χ4n) is 3.64. The first-order valence-electron chi connectivity index (χ1n) is 8.30. The fourth-order valence-corrected chi connectivity index (χ4v) is 4.38. The molecular weight excluding hydrogens is 306 g/mol. The van der Waals surface area contributed by atoms with Crippen LogP contribution in [-0.2, 0) is 11.2 Å². The molecule has 1 N–H and O–H groups in total. The lowest BCUT2D eigenvalue weighted by atomic mass is 9.98. The summed E-state index contributed by atoms with van der Waals surface area (Å²) in [5, 5.41) is 11.6. The minimum Gasteiger partial charge on any atom is -0.339 e. The van der Waals surface area contributed by atoms with Gasteiger partial charge in [0.25, 0.3) is 0 Å². The van der Waals surface area contributed by atoms with Crippen molar-refractivity contribution in [3.05, 3.63) is 39.3 Å². The Kier molecular flexibility index (Phi) is 4.57. The monoisotopic (exact) mass is 331 g/mol. The van der Waals surface area contributed by atoms with Crippen LogP contribution < -0.4 is 0 Å². The van der Waals surface area contributed by atoms with E-state index in [1.165, 1.54) is 11.1 Å². The molecule has 3 rings (SSSR count). The highest BCUT2D eigenvalue weighted by atomic mass is 32.1. The molecule has 1 aliphatic heterocycles. The minimum atomic E-state index is -0.00586. The molecule has 124 valence electrons. The summed E-state index contributed by atoms with van der Waals surface area (Å²) in [4.78, 5) is 15.0. The van der Waals surface area contributed by atoms with Crippen LogP contribution in [0.1, 0.15) is 48.7 Å². The van der Waals surface area contributed by atoms with Crippen molar-refractivity contribution in [1.29, 1.82) is 0 Å². The summed E-state index contributed by atoms with van der Waals surface area (Å²) >= 11 is 1.74. The maximum Gasteiger partial charge on any atom is 0.225 e. The zero-order chi connectivity index (χ0) is 16.6. The normalized spacial score (nSPS) is 22.5. The molecule has 0 aliphatic carbocycles. The number of nitrogens with one attached hydrogen (secondary N) is 1. The van der Waals surface area contributed by atoms with Gasteiger partial charge in [0, 0.05) is 30.1 Å². The molecule has 0 radical (unpaired) electrons. The molecular formula is C18H25N3OS. The van der Waals surface area contributed by atoms with Crippen molar-refractivity contribution in [2.24, 2.45) is 5.92 Å². The van der Waals surface area contributed by atoms with Crippen LogP contribution in [0.15, 0.2) is 16.8 Å². The van der Waals surface area contributed by atoms with Gasteiger partial charge in [-0.3, -0.25) is 9.89 Å². The Morgan fingerprint density at radius 1 is 1.52 bits per heavy atom. The van der Waals surface area contributed by atoms with Crippen molar-refractivity contribution in [2.45, 2.75) is 52.5 Å². The number of hydrogen-bond acceptors (Lipinski definition) is 3. The second-order valence-electron chi connectivity index (χ2n) is 6.85. The van der Waals surface area contributed by atoms with Crippen LogP contribution in [0.5, 0.6) is 0 Å². The molecule has 2 aromatic heterocycles. The van der Waals surface area contributed by atoms with Crippen LogP contribution in [0, 0.1) is 19.8 Å². The second-order valence-corrected chi connectivity index (χ2v) is 7.63. The summed E-state index contributed by atoms with van der Waals surface area (Å²) in [5.74, 6) is 0.758. The van der Waals surface area contributed by atoms with Gasteiger partial charge in [-0.25, -0.2) is 0 Å². The third-order valence-electron chi connectivity index (χ3n) is 5.09. The highest BCUT2D eigenvalue weighted by molar-refractivity contribution is 7.07. The van der Waals surface area contributed by atoms with Gasteiger partial charge in [-0.2, -0.15) is 16.4 Å². The zero-order valence-electron chi connectivity index (χ0n) is 14.3. The molecule has 0 bridgehead atoms. The van der Waals surface area contributed by atoms with Gasteiger partial charge in [0.05, 0.1) is 5.69 Å². The number of thiophene rings is 1. The number of aromatic nitrogens is 2. The Hall–Kier alpha value is -1.62. The lowest BCUT2D eigenvalue weighted by Gasteiger charge is -2.25. The molecule has 23 heavy (non-hydrogen) atoms. The molecule has 3 atom stereocenters. The number of carbonyl (C=O) groups is 1. The first-order valence-corrected chi connectivity index (χ1v) is 9.24. The summed E-state index contributed by atoms with van der Waals surface area (Å²) in [7, 11) is 0. The predicted octanol–water partition coefficient (Wildman–Crippen LogP) is 3.67. The molecule has 5 heteroatoms. The molecule has 3 heterocycles. The third kappa shape index (κ3) is 3.20. The van der Waals surface area contributed by atoms with Crippen molar-refractivity contribution in [3.8, 4) is 0 Å². The first-order chi connectivity index (χ1) is 11.0. The summed E-state index contributed by atoms with van der Waals surface area (Å²) in [6, 6.07) is 2.51. The number of amides is 1. The summed E-state index contributed by atoms with van der Waals surface area (Å²) < 4.78 is 0. The van der Waals surface area contributed by atoms with Gasteiger partial charge in [0.15, 0.2) is 0 Å². The van der Waals surface area contributed by atoms with Gasteiger partial charge in [0.2, 0.25) is 5.91 Å². The van der Waals surface area contributed by atoms with E-state index >= 15 is 0 Å². The molecule has 2 aromatic rings. The maximum atomic E-state index is 12.9. The number of aromatic amines is 1. The molecule has 1 saturated heterocycles. The number of hydrogen-bond donors (Lipinski definition) is 1. The smallest absolute Gasteiger partial charge is 0.225 e. The average Bonchev–Trinajstić information content (AvgIpc) is 3.23.